The van der Waals surface area contributed by atoms with Gasteiger partial charge in [-0.1, -0.05) is 30.3 Å². The molecule has 0 radical (unpaired) electrons. The zero-order valence-electron chi connectivity index (χ0n) is 8.42. The van der Waals surface area contributed by atoms with Crippen molar-refractivity contribution in [2.75, 3.05) is 5.73 Å². The molecule has 3 aromatic rings. The highest BCUT2D eigenvalue weighted by atomic mass is 16.3. The van der Waals surface area contributed by atoms with E-state index in [2.05, 4.69) is 9.97 Å². The van der Waals surface area contributed by atoms with Crippen LogP contribution in [-0.4, -0.2) is 9.97 Å². The summed E-state index contributed by atoms with van der Waals surface area (Å²) in [6.45, 7) is 0. The largest absolute Gasteiger partial charge is 0.446 e. The summed E-state index contributed by atoms with van der Waals surface area (Å²) in [5.41, 5.74) is 7.27. The minimum Gasteiger partial charge on any atom is -0.446 e. The lowest BCUT2D eigenvalue weighted by Crippen LogP contribution is -1.95. The number of anilines is 1. The molecule has 0 aliphatic heterocycles. The lowest BCUT2D eigenvalue weighted by atomic mass is 10.2. The second-order valence-corrected chi connectivity index (χ2v) is 3.44. The van der Waals surface area contributed by atoms with Crippen LogP contribution in [0.5, 0.6) is 0 Å². The zero-order chi connectivity index (χ0) is 11.0. The van der Waals surface area contributed by atoms with Crippen LogP contribution in [0.25, 0.3) is 22.5 Å². The molecule has 4 nitrogen and oxygen atoms in total. The van der Waals surface area contributed by atoms with Crippen molar-refractivity contribution in [2.45, 2.75) is 0 Å². The molecule has 0 spiro atoms. The average molecular weight is 211 g/mol. The molecule has 3 rings (SSSR count). The molecular weight excluding hydrogens is 202 g/mol. The van der Waals surface area contributed by atoms with E-state index in [1.165, 1.54) is 0 Å². The second kappa shape index (κ2) is 3.34. The Morgan fingerprint density at radius 1 is 1.00 bits per heavy atom. The second-order valence-electron chi connectivity index (χ2n) is 3.44. The van der Waals surface area contributed by atoms with E-state index in [4.69, 9.17) is 10.2 Å². The predicted octanol–water partition coefficient (Wildman–Crippen LogP) is 2.47. The number of nitrogens with zero attached hydrogens (tertiary/aromatic N) is 2. The molecular formula is C12H9N3O. The normalized spacial score (nSPS) is 10.8. The van der Waals surface area contributed by atoms with Crippen molar-refractivity contribution in [3.8, 4) is 11.4 Å². The van der Waals surface area contributed by atoms with Crippen molar-refractivity contribution in [1.29, 1.82) is 0 Å². The molecule has 0 bridgehead atoms. The van der Waals surface area contributed by atoms with Gasteiger partial charge in [0.2, 0.25) is 5.71 Å². The van der Waals surface area contributed by atoms with Crippen molar-refractivity contribution < 1.29 is 4.42 Å². The SMILES string of the molecule is Nc1nc(-c2ccccc2)nc2occc12. The minimum atomic E-state index is 0.442. The van der Waals surface area contributed by atoms with E-state index in [-0.39, 0.29) is 0 Å². The Kier molecular flexibility index (Phi) is 1.86. The van der Waals surface area contributed by atoms with Gasteiger partial charge in [0.1, 0.15) is 5.82 Å². The van der Waals surface area contributed by atoms with Crippen molar-refractivity contribution >= 4 is 16.9 Å². The number of benzene rings is 1. The topological polar surface area (TPSA) is 64.9 Å². The molecule has 1 aromatic carbocycles. The average Bonchev–Trinajstić information content (AvgIpc) is 2.79. The monoisotopic (exact) mass is 211 g/mol. The summed E-state index contributed by atoms with van der Waals surface area (Å²) >= 11 is 0. The van der Waals surface area contributed by atoms with Crippen LogP contribution in [0.2, 0.25) is 0 Å². The fourth-order valence-corrected chi connectivity index (χ4v) is 1.59. The number of fused-ring (bicyclic) bond motifs is 1. The van der Waals surface area contributed by atoms with Gasteiger partial charge in [-0.15, -0.1) is 0 Å². The van der Waals surface area contributed by atoms with Gasteiger partial charge in [0, 0.05) is 5.56 Å². The summed E-state index contributed by atoms with van der Waals surface area (Å²) in [4.78, 5) is 8.56. The molecule has 16 heavy (non-hydrogen) atoms. The summed E-state index contributed by atoms with van der Waals surface area (Å²) in [7, 11) is 0. The number of hydrogen-bond acceptors (Lipinski definition) is 4. The van der Waals surface area contributed by atoms with E-state index in [0.29, 0.717) is 17.4 Å². The van der Waals surface area contributed by atoms with Crippen LogP contribution in [0.4, 0.5) is 5.82 Å². The van der Waals surface area contributed by atoms with E-state index in [1.807, 2.05) is 30.3 Å². The molecule has 0 amide bonds. The van der Waals surface area contributed by atoms with E-state index in [1.54, 1.807) is 12.3 Å². The highest BCUT2D eigenvalue weighted by Gasteiger charge is 2.08. The van der Waals surface area contributed by atoms with E-state index in [0.717, 1.165) is 10.9 Å². The molecule has 0 atom stereocenters. The highest BCUT2D eigenvalue weighted by Crippen LogP contribution is 2.23. The Morgan fingerprint density at radius 3 is 2.62 bits per heavy atom. The Hall–Kier alpha value is -2.36. The summed E-state index contributed by atoms with van der Waals surface area (Å²) in [6, 6.07) is 11.4. The van der Waals surface area contributed by atoms with Gasteiger partial charge >= 0.3 is 0 Å². The first-order valence-electron chi connectivity index (χ1n) is 4.91. The summed E-state index contributed by atoms with van der Waals surface area (Å²) in [6.07, 6.45) is 1.56. The maximum Gasteiger partial charge on any atom is 0.231 e. The molecule has 0 aliphatic carbocycles. The molecule has 0 saturated carbocycles. The standard InChI is InChI=1S/C12H9N3O/c13-10-9-6-7-16-12(9)15-11(14-10)8-4-2-1-3-5-8/h1-7H,(H2,13,14,15). The Morgan fingerprint density at radius 2 is 1.81 bits per heavy atom. The molecule has 0 fully saturated rings. The summed E-state index contributed by atoms with van der Waals surface area (Å²) in [5.74, 6) is 1.03. The van der Waals surface area contributed by atoms with Crippen molar-refractivity contribution in [2.24, 2.45) is 0 Å². The van der Waals surface area contributed by atoms with Gasteiger partial charge in [0.15, 0.2) is 5.82 Å². The fraction of sp³-hybridized carbons (Fsp3) is 0. The summed E-state index contributed by atoms with van der Waals surface area (Å²) < 4.78 is 5.23. The predicted molar refractivity (Wildman–Crippen MR) is 61.7 cm³/mol. The smallest absolute Gasteiger partial charge is 0.231 e. The van der Waals surface area contributed by atoms with Crippen LogP contribution >= 0.6 is 0 Å². The molecule has 4 heteroatoms. The molecule has 0 saturated heterocycles. The molecule has 2 heterocycles. The van der Waals surface area contributed by atoms with Crippen molar-refractivity contribution in [1.82, 2.24) is 9.97 Å². The number of hydrogen-bond donors (Lipinski definition) is 1. The number of rotatable bonds is 1. The lowest BCUT2D eigenvalue weighted by molar-refractivity contribution is 0.603. The molecule has 2 N–H and O–H groups in total. The minimum absolute atomic E-state index is 0.442. The maximum atomic E-state index is 5.83. The van der Waals surface area contributed by atoms with E-state index in [9.17, 15) is 0 Å². The van der Waals surface area contributed by atoms with Crippen LogP contribution in [0, 0.1) is 0 Å². The Bertz CT molecular complexity index is 631. The Balaban J connectivity index is 2.25. The van der Waals surface area contributed by atoms with Crippen LogP contribution < -0.4 is 5.73 Å². The fourth-order valence-electron chi connectivity index (χ4n) is 1.59. The van der Waals surface area contributed by atoms with Gasteiger partial charge in [0.05, 0.1) is 11.6 Å². The first-order chi connectivity index (χ1) is 7.84. The third-order valence-corrected chi connectivity index (χ3v) is 2.39. The van der Waals surface area contributed by atoms with Crippen molar-refractivity contribution in [3.05, 3.63) is 42.7 Å². The van der Waals surface area contributed by atoms with Gasteiger partial charge in [-0.3, -0.25) is 0 Å². The van der Waals surface area contributed by atoms with E-state index < -0.39 is 0 Å². The van der Waals surface area contributed by atoms with Crippen molar-refractivity contribution in [3.63, 3.8) is 0 Å². The van der Waals surface area contributed by atoms with Gasteiger partial charge in [0.25, 0.3) is 0 Å². The molecule has 0 aliphatic rings. The highest BCUT2D eigenvalue weighted by molar-refractivity contribution is 5.85. The number of nitrogens with two attached hydrogens (primary N) is 1. The molecule has 0 unspecified atom stereocenters. The summed E-state index contributed by atoms with van der Waals surface area (Å²) in [5, 5.41) is 0.750. The Labute approximate surface area is 91.7 Å². The maximum absolute atomic E-state index is 5.83. The van der Waals surface area contributed by atoms with Gasteiger partial charge < -0.3 is 10.2 Å². The van der Waals surface area contributed by atoms with Crippen LogP contribution in [0.3, 0.4) is 0 Å². The van der Waals surface area contributed by atoms with Crippen LogP contribution in [0.1, 0.15) is 0 Å². The zero-order valence-corrected chi connectivity index (χ0v) is 8.42. The third-order valence-electron chi connectivity index (χ3n) is 2.39. The molecule has 2 aromatic heterocycles. The van der Waals surface area contributed by atoms with Gasteiger partial charge in [-0.25, -0.2) is 4.98 Å². The van der Waals surface area contributed by atoms with Crippen LogP contribution in [0.15, 0.2) is 47.1 Å². The lowest BCUT2D eigenvalue weighted by Gasteiger charge is -2.01. The van der Waals surface area contributed by atoms with Gasteiger partial charge in [-0.05, 0) is 6.07 Å². The molecule has 78 valence electrons. The quantitative estimate of drug-likeness (QED) is 0.671. The van der Waals surface area contributed by atoms with Gasteiger partial charge in [-0.2, -0.15) is 4.98 Å². The number of aromatic nitrogens is 2. The van der Waals surface area contributed by atoms with E-state index >= 15 is 0 Å². The third kappa shape index (κ3) is 1.32. The number of furan rings is 1. The number of nitrogen functional groups attached to an aromatic ring is 1. The van der Waals surface area contributed by atoms with Crippen LogP contribution in [-0.2, 0) is 0 Å². The first kappa shape index (κ1) is 8.91. The first-order valence-corrected chi connectivity index (χ1v) is 4.91.